The van der Waals surface area contributed by atoms with Crippen molar-refractivity contribution < 1.29 is 18.0 Å². The number of benzene rings is 1. The van der Waals surface area contributed by atoms with Gasteiger partial charge in [0, 0.05) is 24.9 Å². The molecule has 3 rings (SSSR count). The fourth-order valence-corrected chi connectivity index (χ4v) is 3.84. The molecule has 1 aliphatic rings. The van der Waals surface area contributed by atoms with E-state index in [0.29, 0.717) is 13.1 Å². The van der Waals surface area contributed by atoms with Crippen LogP contribution in [0.3, 0.4) is 0 Å². The predicted octanol–water partition coefficient (Wildman–Crippen LogP) is 3.81. The van der Waals surface area contributed by atoms with Crippen LogP contribution >= 0.6 is 11.8 Å². The lowest BCUT2D eigenvalue weighted by atomic mass is 10.1. The van der Waals surface area contributed by atoms with Crippen LogP contribution in [0.25, 0.3) is 0 Å². The average Bonchev–Trinajstić information content (AvgIpc) is 2.94. The summed E-state index contributed by atoms with van der Waals surface area (Å²) >= 11 is 1.76. The molecule has 1 atom stereocenters. The molecule has 1 aromatic carbocycles. The van der Waals surface area contributed by atoms with Crippen LogP contribution in [0.4, 0.5) is 8.78 Å². The molecule has 1 aliphatic heterocycles. The number of hydrogen-bond acceptors (Lipinski definition) is 3. The Labute approximate surface area is 137 Å². The Balaban J connectivity index is 1.61. The van der Waals surface area contributed by atoms with Gasteiger partial charge in [0.05, 0.1) is 17.9 Å². The van der Waals surface area contributed by atoms with E-state index < -0.39 is 11.6 Å². The summed E-state index contributed by atoms with van der Waals surface area (Å²) in [7, 11) is 0. The number of rotatable bonds is 3. The standard InChI is InChI=1S/C17H17F2NO2S/c18-13-4-3-12(14(19)11-13)10-17(21)20-6-5-16(23-9-7-20)15-2-1-8-22-15/h1-4,8,11,16H,5-7,9-10H2/t16-/m0/s1. The van der Waals surface area contributed by atoms with Crippen molar-refractivity contribution in [3.8, 4) is 0 Å². The number of carbonyl (C=O) groups is 1. The number of carbonyl (C=O) groups excluding carboxylic acids is 1. The van der Waals surface area contributed by atoms with Crippen molar-refractivity contribution in [3.05, 3.63) is 59.6 Å². The van der Waals surface area contributed by atoms with Crippen LogP contribution in [-0.4, -0.2) is 29.6 Å². The van der Waals surface area contributed by atoms with Gasteiger partial charge in [-0.2, -0.15) is 0 Å². The Hall–Kier alpha value is -1.82. The monoisotopic (exact) mass is 337 g/mol. The van der Waals surface area contributed by atoms with E-state index >= 15 is 0 Å². The Bertz CT molecular complexity index is 675. The fraction of sp³-hybridized carbons (Fsp3) is 0.353. The maximum absolute atomic E-state index is 13.7. The van der Waals surface area contributed by atoms with E-state index in [1.54, 1.807) is 22.9 Å². The van der Waals surface area contributed by atoms with Gasteiger partial charge >= 0.3 is 0 Å². The molecule has 2 aromatic rings. The van der Waals surface area contributed by atoms with Gasteiger partial charge in [-0.3, -0.25) is 4.79 Å². The van der Waals surface area contributed by atoms with Crippen LogP contribution in [0.1, 0.15) is 23.0 Å². The van der Waals surface area contributed by atoms with Gasteiger partial charge in [-0.05, 0) is 30.2 Å². The normalized spacial score (nSPS) is 18.7. The van der Waals surface area contributed by atoms with Gasteiger partial charge in [0.15, 0.2) is 0 Å². The molecule has 3 nitrogen and oxygen atoms in total. The van der Waals surface area contributed by atoms with E-state index in [1.165, 1.54) is 12.1 Å². The maximum Gasteiger partial charge on any atom is 0.227 e. The molecule has 0 saturated carbocycles. The summed E-state index contributed by atoms with van der Waals surface area (Å²) in [5, 5.41) is 0.241. The van der Waals surface area contributed by atoms with E-state index in [-0.39, 0.29) is 23.1 Å². The quantitative estimate of drug-likeness (QED) is 0.854. The largest absolute Gasteiger partial charge is 0.468 e. The molecule has 0 unspecified atom stereocenters. The van der Waals surface area contributed by atoms with Crippen molar-refractivity contribution in [1.82, 2.24) is 4.90 Å². The number of thioether (sulfide) groups is 1. The SMILES string of the molecule is O=C(Cc1ccc(F)cc1F)N1CCS[C@H](c2ccco2)CC1. The van der Waals surface area contributed by atoms with Crippen LogP contribution in [-0.2, 0) is 11.2 Å². The molecular weight excluding hydrogens is 320 g/mol. The minimum absolute atomic E-state index is 0.0395. The van der Waals surface area contributed by atoms with Crippen molar-refractivity contribution >= 4 is 17.7 Å². The van der Waals surface area contributed by atoms with Crippen molar-refractivity contribution in [3.63, 3.8) is 0 Å². The first-order chi connectivity index (χ1) is 11.1. The van der Waals surface area contributed by atoms with Gasteiger partial charge in [-0.25, -0.2) is 8.78 Å². The summed E-state index contributed by atoms with van der Waals surface area (Å²) in [5.74, 6) is 0.301. The molecule has 1 aromatic heterocycles. The lowest BCUT2D eigenvalue weighted by molar-refractivity contribution is -0.130. The molecule has 1 fully saturated rings. The van der Waals surface area contributed by atoms with Gasteiger partial charge in [0.2, 0.25) is 5.91 Å². The Morgan fingerprint density at radius 1 is 1.30 bits per heavy atom. The Kier molecular flexibility index (Phi) is 5.00. The van der Waals surface area contributed by atoms with Crippen LogP contribution in [0.15, 0.2) is 41.0 Å². The molecule has 23 heavy (non-hydrogen) atoms. The van der Waals surface area contributed by atoms with Gasteiger partial charge in [0.1, 0.15) is 17.4 Å². The molecule has 0 bridgehead atoms. The molecule has 6 heteroatoms. The van der Waals surface area contributed by atoms with Crippen molar-refractivity contribution in [2.75, 3.05) is 18.8 Å². The van der Waals surface area contributed by atoms with Crippen LogP contribution in [0, 0.1) is 11.6 Å². The third-order valence-corrected chi connectivity index (χ3v) is 5.20. The molecule has 0 radical (unpaired) electrons. The molecule has 122 valence electrons. The van der Waals surface area contributed by atoms with E-state index in [1.807, 2.05) is 12.1 Å². The van der Waals surface area contributed by atoms with Gasteiger partial charge < -0.3 is 9.32 Å². The first-order valence-electron chi connectivity index (χ1n) is 7.50. The maximum atomic E-state index is 13.7. The third-order valence-electron chi connectivity index (χ3n) is 3.91. The lowest BCUT2D eigenvalue weighted by Crippen LogP contribution is -2.34. The van der Waals surface area contributed by atoms with Gasteiger partial charge in [0.25, 0.3) is 0 Å². The Morgan fingerprint density at radius 3 is 2.91 bits per heavy atom. The van der Waals surface area contributed by atoms with Crippen molar-refractivity contribution in [2.45, 2.75) is 18.1 Å². The highest BCUT2D eigenvalue weighted by Crippen LogP contribution is 2.34. The Morgan fingerprint density at radius 2 is 2.17 bits per heavy atom. The van der Waals surface area contributed by atoms with Gasteiger partial charge in [-0.1, -0.05) is 6.07 Å². The second-order valence-electron chi connectivity index (χ2n) is 5.46. The summed E-state index contributed by atoms with van der Waals surface area (Å²) in [4.78, 5) is 14.1. The lowest BCUT2D eigenvalue weighted by Gasteiger charge is -2.20. The highest BCUT2D eigenvalue weighted by molar-refractivity contribution is 7.99. The number of halogens is 2. The molecule has 0 N–H and O–H groups in total. The second kappa shape index (κ2) is 7.17. The van der Waals surface area contributed by atoms with E-state index in [2.05, 4.69) is 0 Å². The zero-order chi connectivity index (χ0) is 16.2. The first kappa shape index (κ1) is 16.1. The average molecular weight is 337 g/mol. The minimum Gasteiger partial charge on any atom is -0.468 e. The summed E-state index contributed by atoms with van der Waals surface area (Å²) < 4.78 is 32.0. The zero-order valence-electron chi connectivity index (χ0n) is 12.5. The molecule has 0 aliphatic carbocycles. The molecule has 0 spiro atoms. The fourth-order valence-electron chi connectivity index (χ4n) is 2.66. The van der Waals surface area contributed by atoms with Crippen molar-refractivity contribution in [1.29, 1.82) is 0 Å². The van der Waals surface area contributed by atoms with E-state index in [0.717, 1.165) is 24.0 Å². The summed E-state index contributed by atoms with van der Waals surface area (Å²) in [6.45, 7) is 1.24. The number of nitrogens with zero attached hydrogens (tertiary/aromatic N) is 1. The van der Waals surface area contributed by atoms with E-state index in [9.17, 15) is 13.6 Å². The summed E-state index contributed by atoms with van der Waals surface area (Å²) in [6.07, 6.45) is 2.42. The summed E-state index contributed by atoms with van der Waals surface area (Å²) in [5.41, 5.74) is 0.232. The van der Waals surface area contributed by atoms with Gasteiger partial charge in [-0.15, -0.1) is 11.8 Å². The van der Waals surface area contributed by atoms with Crippen LogP contribution in [0.2, 0.25) is 0 Å². The predicted molar refractivity (Wildman–Crippen MR) is 85.2 cm³/mol. The highest BCUT2D eigenvalue weighted by atomic mass is 32.2. The smallest absolute Gasteiger partial charge is 0.227 e. The number of furan rings is 1. The van der Waals surface area contributed by atoms with Crippen molar-refractivity contribution in [2.24, 2.45) is 0 Å². The molecular formula is C17H17F2NO2S. The molecule has 1 saturated heterocycles. The molecule has 2 heterocycles. The third kappa shape index (κ3) is 3.93. The molecule has 1 amide bonds. The zero-order valence-corrected chi connectivity index (χ0v) is 13.3. The van der Waals surface area contributed by atoms with E-state index in [4.69, 9.17) is 4.42 Å². The summed E-state index contributed by atoms with van der Waals surface area (Å²) in [6, 6.07) is 7.13. The number of amides is 1. The first-order valence-corrected chi connectivity index (χ1v) is 8.55. The van der Waals surface area contributed by atoms with Crippen LogP contribution < -0.4 is 0 Å². The highest BCUT2D eigenvalue weighted by Gasteiger charge is 2.24. The minimum atomic E-state index is -0.670. The topological polar surface area (TPSA) is 33.5 Å². The second-order valence-corrected chi connectivity index (χ2v) is 6.77. The number of hydrogen-bond donors (Lipinski definition) is 0. The van der Waals surface area contributed by atoms with Crippen LogP contribution in [0.5, 0.6) is 0 Å².